The number of rotatable bonds is 4. The molecule has 21 heavy (non-hydrogen) atoms. The van der Waals surface area contributed by atoms with Gasteiger partial charge in [0, 0.05) is 5.39 Å². The lowest BCUT2D eigenvalue weighted by molar-refractivity contribution is 0.0940. The van der Waals surface area contributed by atoms with E-state index in [0.29, 0.717) is 22.0 Å². The van der Waals surface area contributed by atoms with E-state index in [-0.39, 0.29) is 11.9 Å². The summed E-state index contributed by atoms with van der Waals surface area (Å²) >= 11 is 1.42. The van der Waals surface area contributed by atoms with Crippen molar-refractivity contribution in [2.45, 2.75) is 13.0 Å². The number of benzene rings is 1. The largest absolute Gasteiger partial charge is 0.493 e. The van der Waals surface area contributed by atoms with Crippen LogP contribution in [0.3, 0.4) is 0 Å². The Balaban J connectivity index is 1.85. The van der Waals surface area contributed by atoms with Gasteiger partial charge in [0.2, 0.25) is 0 Å². The summed E-state index contributed by atoms with van der Waals surface area (Å²) < 4.78 is 11.1. The average Bonchev–Trinajstić information content (AvgIpc) is 3.15. The molecule has 4 nitrogen and oxygen atoms in total. The highest BCUT2D eigenvalue weighted by molar-refractivity contribution is 7.12. The number of furan rings is 1. The van der Waals surface area contributed by atoms with Gasteiger partial charge in [0.1, 0.15) is 5.76 Å². The van der Waals surface area contributed by atoms with E-state index in [1.807, 2.05) is 42.6 Å². The number of fused-ring (bicyclic) bond motifs is 1. The summed E-state index contributed by atoms with van der Waals surface area (Å²) in [6.45, 7) is 1.90. The molecule has 0 unspecified atom stereocenters. The predicted octanol–water partition coefficient (Wildman–Crippen LogP) is 3.99. The Hall–Kier alpha value is -2.27. The standard InChI is InChI=1S/C16H15NO3S/c1-10(17-16(18)14-7-4-8-21-14)13-9-11-5-3-6-12(19-2)15(11)20-13/h3-10H,1-2H3,(H,17,18)/t10-/m1/s1. The quantitative estimate of drug-likeness (QED) is 0.792. The van der Waals surface area contributed by atoms with Crippen LogP contribution < -0.4 is 10.1 Å². The molecule has 0 spiro atoms. The molecular weight excluding hydrogens is 286 g/mol. The van der Waals surface area contributed by atoms with E-state index in [0.717, 1.165) is 5.39 Å². The fraction of sp³-hybridized carbons (Fsp3) is 0.188. The number of ether oxygens (including phenoxy) is 1. The molecule has 2 aromatic heterocycles. The van der Waals surface area contributed by atoms with Crippen LogP contribution in [0.25, 0.3) is 11.0 Å². The smallest absolute Gasteiger partial charge is 0.261 e. The first-order valence-corrected chi connectivity index (χ1v) is 7.48. The van der Waals surface area contributed by atoms with Crippen LogP contribution in [0, 0.1) is 0 Å². The number of methoxy groups -OCH3 is 1. The normalized spacial score (nSPS) is 12.3. The van der Waals surface area contributed by atoms with Crippen molar-refractivity contribution in [1.82, 2.24) is 5.32 Å². The second kappa shape index (κ2) is 5.61. The summed E-state index contributed by atoms with van der Waals surface area (Å²) in [6.07, 6.45) is 0. The average molecular weight is 301 g/mol. The molecule has 0 radical (unpaired) electrons. The molecule has 5 heteroatoms. The van der Waals surface area contributed by atoms with Gasteiger partial charge in [-0.25, -0.2) is 0 Å². The molecule has 0 aliphatic carbocycles. The van der Waals surface area contributed by atoms with Gasteiger partial charge in [-0.05, 0) is 30.5 Å². The molecule has 1 aromatic carbocycles. The second-order valence-electron chi connectivity index (χ2n) is 4.70. The van der Waals surface area contributed by atoms with Crippen molar-refractivity contribution < 1.29 is 13.9 Å². The molecule has 0 aliphatic rings. The maximum atomic E-state index is 12.1. The van der Waals surface area contributed by atoms with Crippen molar-refractivity contribution in [2.75, 3.05) is 7.11 Å². The number of hydrogen-bond acceptors (Lipinski definition) is 4. The van der Waals surface area contributed by atoms with Gasteiger partial charge < -0.3 is 14.5 Å². The second-order valence-corrected chi connectivity index (χ2v) is 5.65. The van der Waals surface area contributed by atoms with Crippen LogP contribution in [-0.2, 0) is 0 Å². The Bertz CT molecular complexity index is 761. The van der Waals surface area contributed by atoms with E-state index in [2.05, 4.69) is 5.32 Å². The molecule has 1 N–H and O–H groups in total. The van der Waals surface area contributed by atoms with Gasteiger partial charge in [0.25, 0.3) is 5.91 Å². The van der Waals surface area contributed by atoms with Crippen LogP contribution in [0.5, 0.6) is 5.75 Å². The molecule has 2 heterocycles. The van der Waals surface area contributed by atoms with Gasteiger partial charge in [-0.1, -0.05) is 18.2 Å². The fourth-order valence-electron chi connectivity index (χ4n) is 2.18. The van der Waals surface area contributed by atoms with Crippen molar-refractivity contribution in [3.05, 3.63) is 52.4 Å². The molecule has 0 bridgehead atoms. The minimum absolute atomic E-state index is 0.0927. The summed E-state index contributed by atoms with van der Waals surface area (Å²) in [4.78, 5) is 12.8. The molecule has 3 rings (SSSR count). The SMILES string of the molecule is COc1cccc2cc([C@@H](C)NC(=O)c3cccs3)oc12. The first-order valence-electron chi connectivity index (χ1n) is 6.60. The van der Waals surface area contributed by atoms with E-state index >= 15 is 0 Å². The first-order chi connectivity index (χ1) is 10.2. The third kappa shape index (κ3) is 2.64. The Kier molecular flexibility index (Phi) is 3.66. The van der Waals surface area contributed by atoms with Gasteiger partial charge >= 0.3 is 0 Å². The van der Waals surface area contributed by atoms with E-state index in [9.17, 15) is 4.79 Å². The molecule has 1 atom stereocenters. The Morgan fingerprint density at radius 1 is 1.33 bits per heavy atom. The maximum absolute atomic E-state index is 12.1. The topological polar surface area (TPSA) is 51.5 Å². The zero-order valence-corrected chi connectivity index (χ0v) is 12.6. The highest BCUT2D eigenvalue weighted by Crippen LogP contribution is 2.30. The molecule has 0 saturated carbocycles. The monoisotopic (exact) mass is 301 g/mol. The summed E-state index contributed by atoms with van der Waals surface area (Å²) in [5.74, 6) is 1.31. The van der Waals surface area contributed by atoms with Gasteiger partial charge in [-0.2, -0.15) is 0 Å². The molecular formula is C16H15NO3S. The van der Waals surface area contributed by atoms with Crippen molar-refractivity contribution >= 4 is 28.2 Å². The summed E-state index contributed by atoms with van der Waals surface area (Å²) in [7, 11) is 1.61. The van der Waals surface area contributed by atoms with Crippen LogP contribution in [-0.4, -0.2) is 13.0 Å². The summed E-state index contributed by atoms with van der Waals surface area (Å²) in [5.41, 5.74) is 0.701. The van der Waals surface area contributed by atoms with Crippen molar-refractivity contribution in [3.8, 4) is 5.75 Å². The van der Waals surface area contributed by atoms with Gasteiger partial charge in [-0.3, -0.25) is 4.79 Å². The van der Waals surface area contributed by atoms with Crippen molar-refractivity contribution in [3.63, 3.8) is 0 Å². The fourth-order valence-corrected chi connectivity index (χ4v) is 2.80. The number of carbonyl (C=O) groups excluding carboxylic acids is 1. The Morgan fingerprint density at radius 2 is 2.19 bits per heavy atom. The van der Waals surface area contributed by atoms with Crippen LogP contribution >= 0.6 is 11.3 Å². The number of para-hydroxylation sites is 1. The lowest BCUT2D eigenvalue weighted by atomic mass is 10.2. The molecule has 1 amide bonds. The molecule has 0 fully saturated rings. The molecule has 0 saturated heterocycles. The van der Waals surface area contributed by atoms with Crippen molar-refractivity contribution in [1.29, 1.82) is 0 Å². The lowest BCUT2D eigenvalue weighted by Crippen LogP contribution is -2.25. The predicted molar refractivity (Wildman–Crippen MR) is 83.0 cm³/mol. The van der Waals surface area contributed by atoms with E-state index in [4.69, 9.17) is 9.15 Å². The maximum Gasteiger partial charge on any atom is 0.261 e. The zero-order valence-electron chi connectivity index (χ0n) is 11.8. The van der Waals surface area contributed by atoms with Crippen LogP contribution in [0.4, 0.5) is 0 Å². The molecule has 3 aromatic rings. The minimum atomic E-state index is -0.211. The minimum Gasteiger partial charge on any atom is -0.493 e. The molecule has 0 aliphatic heterocycles. The highest BCUT2D eigenvalue weighted by atomic mass is 32.1. The van der Waals surface area contributed by atoms with E-state index < -0.39 is 0 Å². The van der Waals surface area contributed by atoms with E-state index in [1.54, 1.807) is 13.2 Å². The number of nitrogens with one attached hydrogen (secondary N) is 1. The number of hydrogen-bond donors (Lipinski definition) is 1. The molecule has 108 valence electrons. The third-order valence-electron chi connectivity index (χ3n) is 3.27. The Morgan fingerprint density at radius 3 is 2.90 bits per heavy atom. The summed E-state index contributed by atoms with van der Waals surface area (Å²) in [5, 5.41) is 5.77. The van der Waals surface area contributed by atoms with Crippen LogP contribution in [0.1, 0.15) is 28.4 Å². The lowest BCUT2D eigenvalue weighted by Gasteiger charge is -2.10. The third-order valence-corrected chi connectivity index (χ3v) is 4.13. The zero-order chi connectivity index (χ0) is 14.8. The van der Waals surface area contributed by atoms with Crippen LogP contribution in [0.15, 0.2) is 46.2 Å². The van der Waals surface area contributed by atoms with Gasteiger partial charge in [0.05, 0.1) is 18.0 Å². The summed E-state index contributed by atoms with van der Waals surface area (Å²) in [6, 6.07) is 11.1. The number of thiophene rings is 1. The van der Waals surface area contributed by atoms with Gasteiger partial charge in [0.15, 0.2) is 11.3 Å². The van der Waals surface area contributed by atoms with Gasteiger partial charge in [-0.15, -0.1) is 11.3 Å². The van der Waals surface area contributed by atoms with Crippen LogP contribution in [0.2, 0.25) is 0 Å². The number of carbonyl (C=O) groups is 1. The number of amides is 1. The van der Waals surface area contributed by atoms with E-state index in [1.165, 1.54) is 11.3 Å². The highest BCUT2D eigenvalue weighted by Gasteiger charge is 2.17. The van der Waals surface area contributed by atoms with Crippen molar-refractivity contribution in [2.24, 2.45) is 0 Å². The Labute approximate surface area is 126 Å². The first kappa shape index (κ1) is 13.7.